The number of hydrogen-bond acceptors (Lipinski definition) is 3. The average Bonchev–Trinajstić information content (AvgIpc) is 2.55. The van der Waals surface area contributed by atoms with Gasteiger partial charge in [-0.2, -0.15) is 0 Å². The van der Waals surface area contributed by atoms with E-state index in [1.165, 1.54) is 0 Å². The van der Waals surface area contributed by atoms with Crippen molar-refractivity contribution in [2.24, 2.45) is 11.8 Å². The maximum Gasteiger partial charge on any atom is 0.251 e. The van der Waals surface area contributed by atoms with Crippen molar-refractivity contribution < 1.29 is 14.3 Å². The van der Waals surface area contributed by atoms with Gasteiger partial charge in [0.1, 0.15) is 0 Å². The van der Waals surface area contributed by atoms with Gasteiger partial charge in [0, 0.05) is 42.3 Å². The van der Waals surface area contributed by atoms with Gasteiger partial charge in [0.05, 0.1) is 0 Å². The topological polar surface area (TPSA) is 67.4 Å². The number of amides is 2. The van der Waals surface area contributed by atoms with Crippen LogP contribution in [0.25, 0.3) is 0 Å². The van der Waals surface area contributed by atoms with E-state index in [1.54, 1.807) is 7.11 Å². The molecule has 6 heteroatoms. The Morgan fingerprint density at radius 3 is 2.79 bits per heavy atom. The Hall–Kier alpha value is -1.40. The standard InChI is InChI=1S/C18H23BrN2O3/c1-24-10-12-8-17(22)21-16-9-14(6-7-15(12)16)20-18(23)11-2-4-13(19)5-3-11/h2-5,12,14-16H,6-10H2,1H3,(H,20,23)(H,21,22). The second-order valence-corrected chi connectivity index (χ2v) is 7.66. The molecule has 3 rings (SSSR count). The molecule has 24 heavy (non-hydrogen) atoms. The molecule has 5 nitrogen and oxygen atoms in total. The molecule has 2 aliphatic rings. The van der Waals surface area contributed by atoms with Crippen molar-refractivity contribution in [3.8, 4) is 0 Å². The molecule has 1 aromatic rings. The fraction of sp³-hybridized carbons (Fsp3) is 0.556. The molecule has 1 aliphatic carbocycles. The van der Waals surface area contributed by atoms with Gasteiger partial charge in [-0.25, -0.2) is 0 Å². The Labute approximate surface area is 150 Å². The van der Waals surface area contributed by atoms with Crippen molar-refractivity contribution in [2.75, 3.05) is 13.7 Å². The van der Waals surface area contributed by atoms with Crippen LogP contribution in [0.3, 0.4) is 0 Å². The van der Waals surface area contributed by atoms with Gasteiger partial charge in [-0.15, -0.1) is 0 Å². The number of carbonyl (C=O) groups is 2. The summed E-state index contributed by atoms with van der Waals surface area (Å²) in [5, 5.41) is 6.22. The summed E-state index contributed by atoms with van der Waals surface area (Å²) in [7, 11) is 1.69. The van der Waals surface area contributed by atoms with E-state index < -0.39 is 0 Å². The van der Waals surface area contributed by atoms with Crippen LogP contribution in [-0.2, 0) is 9.53 Å². The highest BCUT2D eigenvalue weighted by Crippen LogP contribution is 2.35. The second kappa shape index (κ2) is 7.66. The van der Waals surface area contributed by atoms with Crippen LogP contribution >= 0.6 is 15.9 Å². The van der Waals surface area contributed by atoms with Gasteiger partial charge in [0.25, 0.3) is 5.91 Å². The van der Waals surface area contributed by atoms with Crippen LogP contribution in [-0.4, -0.2) is 37.6 Å². The van der Waals surface area contributed by atoms with Gasteiger partial charge < -0.3 is 15.4 Å². The van der Waals surface area contributed by atoms with E-state index in [0.717, 1.165) is 23.7 Å². The lowest BCUT2D eigenvalue weighted by Crippen LogP contribution is -2.56. The van der Waals surface area contributed by atoms with Gasteiger partial charge in [-0.05, 0) is 55.4 Å². The van der Waals surface area contributed by atoms with Crippen LogP contribution in [0.2, 0.25) is 0 Å². The summed E-state index contributed by atoms with van der Waals surface area (Å²) in [6.07, 6.45) is 3.29. The molecule has 1 saturated heterocycles. The monoisotopic (exact) mass is 394 g/mol. The van der Waals surface area contributed by atoms with Crippen LogP contribution in [0.1, 0.15) is 36.0 Å². The molecule has 0 radical (unpaired) electrons. The summed E-state index contributed by atoms with van der Waals surface area (Å²) >= 11 is 3.37. The number of ether oxygens (including phenoxy) is 1. The molecule has 0 bridgehead atoms. The minimum Gasteiger partial charge on any atom is -0.384 e. The van der Waals surface area contributed by atoms with Gasteiger partial charge in [-0.3, -0.25) is 9.59 Å². The Morgan fingerprint density at radius 1 is 1.33 bits per heavy atom. The highest BCUT2D eigenvalue weighted by atomic mass is 79.9. The van der Waals surface area contributed by atoms with Gasteiger partial charge >= 0.3 is 0 Å². The van der Waals surface area contributed by atoms with Crippen molar-refractivity contribution in [3.05, 3.63) is 34.3 Å². The van der Waals surface area contributed by atoms with Crippen molar-refractivity contribution in [3.63, 3.8) is 0 Å². The lowest BCUT2D eigenvalue weighted by Gasteiger charge is -2.43. The fourth-order valence-corrected chi connectivity index (χ4v) is 4.24. The Bertz CT molecular complexity index is 605. The van der Waals surface area contributed by atoms with Crippen molar-refractivity contribution in [2.45, 2.75) is 37.8 Å². The summed E-state index contributed by atoms with van der Waals surface area (Å²) in [4.78, 5) is 24.3. The molecule has 1 aromatic carbocycles. The van der Waals surface area contributed by atoms with Crippen molar-refractivity contribution in [1.82, 2.24) is 10.6 Å². The number of carbonyl (C=O) groups excluding carboxylic acids is 2. The number of halogens is 1. The zero-order valence-electron chi connectivity index (χ0n) is 13.8. The van der Waals surface area contributed by atoms with E-state index in [1.807, 2.05) is 24.3 Å². The summed E-state index contributed by atoms with van der Waals surface area (Å²) in [5.41, 5.74) is 0.658. The minimum atomic E-state index is -0.0541. The summed E-state index contributed by atoms with van der Waals surface area (Å²) in [6, 6.07) is 7.58. The maximum absolute atomic E-state index is 12.4. The van der Waals surface area contributed by atoms with Crippen LogP contribution in [0.15, 0.2) is 28.7 Å². The Balaban J connectivity index is 1.61. The molecule has 2 amide bonds. The fourth-order valence-electron chi connectivity index (χ4n) is 3.98. The number of hydrogen-bond donors (Lipinski definition) is 2. The highest BCUT2D eigenvalue weighted by Gasteiger charge is 2.40. The quantitative estimate of drug-likeness (QED) is 0.824. The smallest absolute Gasteiger partial charge is 0.251 e. The third-order valence-electron chi connectivity index (χ3n) is 5.13. The van der Waals surface area contributed by atoms with Crippen LogP contribution < -0.4 is 10.6 Å². The summed E-state index contributed by atoms with van der Waals surface area (Å²) in [6.45, 7) is 0.629. The molecular weight excluding hydrogens is 372 g/mol. The van der Waals surface area contributed by atoms with Gasteiger partial charge in [0.15, 0.2) is 0 Å². The second-order valence-electron chi connectivity index (χ2n) is 6.75. The van der Waals surface area contributed by atoms with Crippen molar-refractivity contribution in [1.29, 1.82) is 0 Å². The first kappa shape index (κ1) is 17.4. The zero-order valence-corrected chi connectivity index (χ0v) is 15.3. The molecule has 0 spiro atoms. The largest absolute Gasteiger partial charge is 0.384 e. The molecular formula is C18H23BrN2O3. The number of piperidine rings is 1. The third-order valence-corrected chi connectivity index (χ3v) is 5.65. The average molecular weight is 395 g/mol. The molecule has 2 N–H and O–H groups in total. The maximum atomic E-state index is 12.4. The van der Waals surface area contributed by atoms with E-state index in [4.69, 9.17) is 4.74 Å². The van der Waals surface area contributed by atoms with E-state index in [2.05, 4.69) is 26.6 Å². The molecule has 4 unspecified atom stereocenters. The van der Waals surface area contributed by atoms with E-state index in [0.29, 0.717) is 24.5 Å². The third kappa shape index (κ3) is 3.98. The van der Waals surface area contributed by atoms with E-state index in [9.17, 15) is 9.59 Å². The lowest BCUT2D eigenvalue weighted by molar-refractivity contribution is -0.128. The van der Waals surface area contributed by atoms with E-state index >= 15 is 0 Å². The lowest BCUT2D eigenvalue weighted by atomic mass is 9.71. The molecule has 1 heterocycles. The predicted octanol–water partition coefficient (Wildman–Crippen LogP) is 2.50. The SMILES string of the molecule is COCC1CC(=O)NC2CC(NC(=O)c3ccc(Br)cc3)CCC12. The molecule has 4 atom stereocenters. The Morgan fingerprint density at radius 2 is 2.08 bits per heavy atom. The minimum absolute atomic E-state index is 0.0541. The first-order valence-electron chi connectivity index (χ1n) is 8.41. The molecule has 2 fully saturated rings. The van der Waals surface area contributed by atoms with Crippen LogP contribution in [0.5, 0.6) is 0 Å². The summed E-state index contributed by atoms with van der Waals surface area (Å²) < 4.78 is 6.24. The van der Waals surface area contributed by atoms with Gasteiger partial charge in [0.2, 0.25) is 5.91 Å². The van der Waals surface area contributed by atoms with Crippen molar-refractivity contribution >= 4 is 27.7 Å². The van der Waals surface area contributed by atoms with Crippen LogP contribution in [0.4, 0.5) is 0 Å². The zero-order chi connectivity index (χ0) is 17.1. The number of benzene rings is 1. The predicted molar refractivity (Wildman–Crippen MR) is 94.7 cm³/mol. The first-order chi connectivity index (χ1) is 11.6. The molecule has 1 aliphatic heterocycles. The number of fused-ring (bicyclic) bond motifs is 1. The first-order valence-corrected chi connectivity index (χ1v) is 9.21. The normalized spacial score (nSPS) is 29.5. The van der Waals surface area contributed by atoms with Crippen LogP contribution in [0, 0.1) is 11.8 Å². The number of methoxy groups -OCH3 is 1. The number of rotatable bonds is 4. The molecule has 1 saturated carbocycles. The molecule has 0 aromatic heterocycles. The summed E-state index contributed by atoms with van der Waals surface area (Å²) in [5.74, 6) is 0.778. The molecule has 130 valence electrons. The number of nitrogens with one attached hydrogen (secondary N) is 2. The van der Waals surface area contributed by atoms with E-state index in [-0.39, 0.29) is 29.8 Å². The van der Waals surface area contributed by atoms with Gasteiger partial charge in [-0.1, -0.05) is 15.9 Å². The highest BCUT2D eigenvalue weighted by molar-refractivity contribution is 9.10. The Kier molecular flexibility index (Phi) is 5.56.